The first-order chi connectivity index (χ1) is 15.3. The van der Waals surface area contributed by atoms with E-state index in [-0.39, 0.29) is 43.4 Å². The zero-order valence-corrected chi connectivity index (χ0v) is 19.2. The Morgan fingerprint density at radius 1 is 0.969 bits per heavy atom. The zero-order valence-electron chi connectivity index (χ0n) is 18.3. The number of amides is 1. The summed E-state index contributed by atoms with van der Waals surface area (Å²) in [5.41, 5.74) is 0.855. The second-order valence-electron chi connectivity index (χ2n) is 7.25. The molecule has 0 aliphatic carbocycles. The molecular formula is C22H27FN2O6S. The Balaban J connectivity index is 1.60. The fraction of sp³-hybridized carbons (Fsp3) is 0.409. The minimum atomic E-state index is -3.94. The van der Waals surface area contributed by atoms with Crippen molar-refractivity contribution in [3.05, 3.63) is 47.8 Å². The third-order valence-corrected chi connectivity index (χ3v) is 7.33. The Hall–Kier alpha value is -2.85. The summed E-state index contributed by atoms with van der Waals surface area (Å²) >= 11 is 0. The van der Waals surface area contributed by atoms with E-state index in [4.69, 9.17) is 14.2 Å². The third-order valence-electron chi connectivity index (χ3n) is 5.40. The van der Waals surface area contributed by atoms with Crippen LogP contribution in [0.5, 0.6) is 17.2 Å². The van der Waals surface area contributed by atoms with Gasteiger partial charge in [0.05, 0.1) is 21.3 Å². The first kappa shape index (κ1) is 23.8. The molecule has 1 fully saturated rings. The van der Waals surface area contributed by atoms with Gasteiger partial charge in [0, 0.05) is 32.6 Å². The summed E-state index contributed by atoms with van der Waals surface area (Å²) in [5, 5.41) is 0. The maximum absolute atomic E-state index is 14.0. The van der Waals surface area contributed by atoms with Crippen molar-refractivity contribution >= 4 is 15.9 Å². The van der Waals surface area contributed by atoms with Crippen molar-refractivity contribution in [2.75, 3.05) is 47.5 Å². The fourth-order valence-corrected chi connectivity index (χ4v) is 5.15. The van der Waals surface area contributed by atoms with Crippen LogP contribution in [0.3, 0.4) is 0 Å². The van der Waals surface area contributed by atoms with Crippen LogP contribution in [0.15, 0.2) is 41.3 Å². The molecule has 0 N–H and O–H groups in total. The number of rotatable bonds is 8. The number of ether oxygens (including phenoxy) is 3. The number of carbonyl (C=O) groups is 1. The number of hydrogen-bond donors (Lipinski definition) is 0. The molecule has 1 saturated heterocycles. The minimum Gasteiger partial charge on any atom is -0.493 e. The number of piperazine rings is 1. The average Bonchev–Trinajstić information content (AvgIpc) is 2.81. The minimum absolute atomic E-state index is 0.0818. The molecule has 1 aliphatic rings. The number of hydrogen-bond acceptors (Lipinski definition) is 6. The van der Waals surface area contributed by atoms with Crippen molar-refractivity contribution in [2.24, 2.45) is 0 Å². The average molecular weight is 467 g/mol. The number of sulfonamides is 1. The van der Waals surface area contributed by atoms with E-state index in [1.807, 2.05) is 0 Å². The topological polar surface area (TPSA) is 85.4 Å². The van der Waals surface area contributed by atoms with E-state index in [0.717, 1.165) is 11.6 Å². The maximum Gasteiger partial charge on any atom is 0.246 e. The van der Waals surface area contributed by atoms with Crippen molar-refractivity contribution in [3.63, 3.8) is 0 Å². The van der Waals surface area contributed by atoms with Gasteiger partial charge < -0.3 is 19.1 Å². The number of nitrogens with zero attached hydrogens (tertiary/aromatic N) is 2. The van der Waals surface area contributed by atoms with Gasteiger partial charge in [0.2, 0.25) is 21.7 Å². The van der Waals surface area contributed by atoms with Crippen LogP contribution < -0.4 is 14.2 Å². The number of benzene rings is 2. The van der Waals surface area contributed by atoms with Crippen LogP contribution in [0.1, 0.15) is 12.0 Å². The SMILES string of the molecule is COc1cc(CCC(=O)N2CCN(S(=O)(=O)c3ccccc3F)CC2)cc(OC)c1OC. The van der Waals surface area contributed by atoms with Gasteiger partial charge in [-0.3, -0.25) is 4.79 Å². The van der Waals surface area contributed by atoms with Gasteiger partial charge in [0.25, 0.3) is 0 Å². The van der Waals surface area contributed by atoms with Gasteiger partial charge in [-0.1, -0.05) is 12.1 Å². The molecule has 8 nitrogen and oxygen atoms in total. The highest BCUT2D eigenvalue weighted by atomic mass is 32.2. The molecule has 0 atom stereocenters. The normalized spacial score (nSPS) is 14.8. The summed E-state index contributed by atoms with van der Waals surface area (Å²) in [7, 11) is 0.643. The standard InChI is InChI=1S/C22H27FN2O6S/c1-29-18-14-16(15-19(30-2)22(18)31-3)8-9-21(26)24-10-12-25(13-11-24)32(27,28)20-7-5-4-6-17(20)23/h4-7,14-15H,8-13H2,1-3H3. The summed E-state index contributed by atoms with van der Waals surface area (Å²) in [5.74, 6) is 0.651. The second-order valence-corrected chi connectivity index (χ2v) is 9.16. The van der Waals surface area contributed by atoms with Gasteiger partial charge >= 0.3 is 0 Å². The fourth-order valence-electron chi connectivity index (χ4n) is 3.66. The molecule has 10 heteroatoms. The summed E-state index contributed by atoms with van der Waals surface area (Å²) < 4.78 is 56.6. The van der Waals surface area contributed by atoms with Crippen LogP contribution in [0.25, 0.3) is 0 Å². The van der Waals surface area contributed by atoms with Crippen molar-refractivity contribution in [1.29, 1.82) is 0 Å². The lowest BCUT2D eigenvalue weighted by Crippen LogP contribution is -2.50. The Labute approximate surface area is 187 Å². The lowest BCUT2D eigenvalue weighted by molar-refractivity contribution is -0.132. The van der Waals surface area contributed by atoms with Gasteiger partial charge in [0.1, 0.15) is 10.7 Å². The molecule has 174 valence electrons. The number of methoxy groups -OCH3 is 3. The lowest BCUT2D eigenvalue weighted by atomic mass is 10.1. The van der Waals surface area contributed by atoms with Crippen LogP contribution in [0, 0.1) is 5.82 Å². The van der Waals surface area contributed by atoms with Gasteiger partial charge in [-0.2, -0.15) is 4.31 Å². The molecule has 0 saturated carbocycles. The van der Waals surface area contributed by atoms with E-state index in [1.165, 1.54) is 43.8 Å². The molecule has 1 amide bonds. The van der Waals surface area contributed by atoms with E-state index in [9.17, 15) is 17.6 Å². The molecule has 0 unspecified atom stereocenters. The van der Waals surface area contributed by atoms with Gasteiger partial charge in [-0.15, -0.1) is 0 Å². The summed E-state index contributed by atoms with van der Waals surface area (Å²) in [6.07, 6.45) is 0.710. The molecule has 2 aromatic rings. The van der Waals surface area contributed by atoms with Crippen LogP contribution in [-0.2, 0) is 21.2 Å². The van der Waals surface area contributed by atoms with E-state index < -0.39 is 15.8 Å². The maximum atomic E-state index is 14.0. The summed E-state index contributed by atoms with van der Waals surface area (Å²) in [6, 6.07) is 8.90. The van der Waals surface area contributed by atoms with Gasteiger partial charge in [-0.25, -0.2) is 12.8 Å². The predicted molar refractivity (Wildman–Crippen MR) is 116 cm³/mol. The number of halogens is 1. The highest BCUT2D eigenvalue weighted by Gasteiger charge is 2.31. The van der Waals surface area contributed by atoms with Crippen LogP contribution >= 0.6 is 0 Å². The number of aryl methyl sites for hydroxylation is 1. The van der Waals surface area contributed by atoms with Crippen LogP contribution in [-0.4, -0.2) is 71.0 Å². The van der Waals surface area contributed by atoms with Crippen molar-refractivity contribution in [2.45, 2.75) is 17.7 Å². The first-order valence-corrected chi connectivity index (χ1v) is 11.6. The largest absolute Gasteiger partial charge is 0.493 e. The molecule has 0 aromatic heterocycles. The Bertz CT molecular complexity index is 1040. The van der Waals surface area contributed by atoms with Gasteiger partial charge in [-0.05, 0) is 36.2 Å². The third kappa shape index (κ3) is 4.97. The molecule has 1 heterocycles. The van der Waals surface area contributed by atoms with E-state index in [1.54, 1.807) is 17.0 Å². The summed E-state index contributed by atoms with van der Waals surface area (Å²) in [4.78, 5) is 14.0. The molecule has 0 bridgehead atoms. The molecule has 32 heavy (non-hydrogen) atoms. The quantitative estimate of drug-likeness (QED) is 0.594. The molecule has 3 rings (SSSR count). The molecule has 2 aromatic carbocycles. The number of carbonyl (C=O) groups excluding carboxylic acids is 1. The van der Waals surface area contributed by atoms with E-state index >= 15 is 0 Å². The molecule has 0 radical (unpaired) electrons. The zero-order chi connectivity index (χ0) is 23.3. The Morgan fingerprint density at radius 3 is 2.09 bits per heavy atom. The Kier molecular flexibility index (Phi) is 7.57. The second kappa shape index (κ2) is 10.2. The van der Waals surface area contributed by atoms with Crippen molar-refractivity contribution in [3.8, 4) is 17.2 Å². The predicted octanol–water partition coefficient (Wildman–Crippen LogP) is 2.32. The smallest absolute Gasteiger partial charge is 0.246 e. The monoisotopic (exact) mass is 466 g/mol. The molecular weight excluding hydrogens is 439 g/mol. The van der Waals surface area contributed by atoms with Crippen LogP contribution in [0.2, 0.25) is 0 Å². The first-order valence-electron chi connectivity index (χ1n) is 10.1. The highest BCUT2D eigenvalue weighted by Crippen LogP contribution is 2.38. The van der Waals surface area contributed by atoms with Crippen LogP contribution in [0.4, 0.5) is 4.39 Å². The molecule has 0 spiro atoms. The van der Waals surface area contributed by atoms with Gasteiger partial charge in [0.15, 0.2) is 11.5 Å². The van der Waals surface area contributed by atoms with E-state index in [2.05, 4.69) is 0 Å². The van der Waals surface area contributed by atoms with Crippen molar-refractivity contribution in [1.82, 2.24) is 9.21 Å². The molecule has 1 aliphatic heterocycles. The highest BCUT2D eigenvalue weighted by molar-refractivity contribution is 7.89. The Morgan fingerprint density at radius 2 is 1.56 bits per heavy atom. The van der Waals surface area contributed by atoms with Crippen molar-refractivity contribution < 1.29 is 31.8 Å². The van der Waals surface area contributed by atoms with E-state index in [0.29, 0.717) is 23.7 Å². The summed E-state index contributed by atoms with van der Waals surface area (Å²) in [6.45, 7) is 0.739. The lowest BCUT2D eigenvalue weighted by Gasteiger charge is -2.34.